The first-order valence-corrected chi connectivity index (χ1v) is 12.2. The Morgan fingerprint density at radius 1 is 1.24 bits per heavy atom. The lowest BCUT2D eigenvalue weighted by Gasteiger charge is -2.24. The Labute approximate surface area is 220 Å². The molecule has 37 heavy (non-hydrogen) atoms. The van der Waals surface area contributed by atoms with E-state index in [2.05, 4.69) is 15.8 Å². The van der Waals surface area contributed by atoms with Gasteiger partial charge in [-0.3, -0.25) is 24.9 Å². The van der Waals surface area contributed by atoms with Gasteiger partial charge in [0.2, 0.25) is 11.8 Å². The highest BCUT2D eigenvalue weighted by Gasteiger charge is 2.31. The average Bonchev–Trinajstić information content (AvgIpc) is 2.98. The third-order valence-electron chi connectivity index (χ3n) is 5.55. The lowest BCUT2D eigenvalue weighted by Crippen LogP contribution is -2.45. The van der Waals surface area contributed by atoms with E-state index in [9.17, 15) is 19.5 Å². The first-order valence-electron chi connectivity index (χ1n) is 11.8. The first-order chi connectivity index (χ1) is 17.7. The number of anilines is 1. The molecule has 0 saturated heterocycles. The maximum Gasteiger partial charge on any atom is 0.335 e. The van der Waals surface area contributed by atoms with E-state index >= 15 is 0 Å². The quantitative estimate of drug-likeness (QED) is 0.402. The highest BCUT2D eigenvalue weighted by atomic mass is 35.5. The van der Waals surface area contributed by atoms with E-state index in [-0.39, 0.29) is 37.0 Å². The Kier molecular flexibility index (Phi) is 9.87. The SMILES string of the molecule is COc1ccc(Cl)cc1C[C@@H]1CN=C(NOCC(C)C)CN(CC(=O)Nc2cccc(C(=O)O)c2)C1=O. The number of rotatable bonds is 10. The van der Waals surface area contributed by atoms with Crippen LogP contribution in [0.2, 0.25) is 5.02 Å². The van der Waals surface area contributed by atoms with Gasteiger partial charge >= 0.3 is 5.97 Å². The van der Waals surface area contributed by atoms with Gasteiger partial charge in [-0.05, 0) is 54.3 Å². The topological polar surface area (TPSA) is 130 Å². The maximum atomic E-state index is 13.5. The molecule has 0 fully saturated rings. The largest absolute Gasteiger partial charge is 0.496 e. The molecular weight excluding hydrogens is 500 g/mol. The molecule has 0 spiro atoms. The summed E-state index contributed by atoms with van der Waals surface area (Å²) in [6.07, 6.45) is 0.310. The monoisotopic (exact) mass is 530 g/mol. The molecule has 0 bridgehead atoms. The van der Waals surface area contributed by atoms with Crippen LogP contribution in [0.1, 0.15) is 29.8 Å². The first kappa shape index (κ1) is 27.9. The number of methoxy groups -OCH3 is 1. The van der Waals surface area contributed by atoms with Crippen LogP contribution in [0.25, 0.3) is 0 Å². The molecule has 0 radical (unpaired) electrons. The normalized spacial score (nSPS) is 15.7. The van der Waals surface area contributed by atoms with Crippen LogP contribution in [-0.2, 0) is 20.8 Å². The fraction of sp³-hybridized carbons (Fsp3) is 0.385. The molecule has 10 nitrogen and oxygen atoms in total. The summed E-state index contributed by atoms with van der Waals surface area (Å²) in [6.45, 7) is 4.42. The van der Waals surface area contributed by atoms with Gasteiger partial charge in [-0.25, -0.2) is 4.79 Å². The number of carbonyl (C=O) groups excluding carboxylic acids is 2. The number of benzene rings is 2. The molecule has 11 heteroatoms. The second-order valence-electron chi connectivity index (χ2n) is 9.08. The van der Waals surface area contributed by atoms with Crippen molar-refractivity contribution in [3.05, 3.63) is 58.6 Å². The Balaban J connectivity index is 1.79. The second kappa shape index (κ2) is 13.1. The van der Waals surface area contributed by atoms with Gasteiger partial charge in [-0.15, -0.1) is 0 Å². The number of aliphatic imine (C=N–C) groups is 1. The van der Waals surface area contributed by atoms with Gasteiger partial charge in [-0.2, -0.15) is 0 Å². The van der Waals surface area contributed by atoms with E-state index in [0.717, 1.165) is 5.56 Å². The van der Waals surface area contributed by atoms with Crippen molar-refractivity contribution in [3.8, 4) is 5.75 Å². The van der Waals surface area contributed by atoms with Crippen molar-refractivity contribution >= 4 is 40.9 Å². The summed E-state index contributed by atoms with van der Waals surface area (Å²) in [5, 5.41) is 12.4. The zero-order chi connectivity index (χ0) is 26.9. The molecule has 0 unspecified atom stereocenters. The minimum atomic E-state index is -1.11. The number of ether oxygens (including phenoxy) is 1. The molecule has 2 amide bonds. The number of aromatic carboxylic acids is 1. The second-order valence-corrected chi connectivity index (χ2v) is 9.52. The predicted molar refractivity (Wildman–Crippen MR) is 140 cm³/mol. The molecule has 3 N–H and O–H groups in total. The Bertz CT molecular complexity index is 1170. The minimum Gasteiger partial charge on any atom is -0.496 e. The van der Waals surface area contributed by atoms with Crippen molar-refractivity contribution in [1.29, 1.82) is 0 Å². The molecule has 0 aromatic heterocycles. The summed E-state index contributed by atoms with van der Waals surface area (Å²) in [6, 6.07) is 11.1. The van der Waals surface area contributed by atoms with Crippen LogP contribution in [0, 0.1) is 11.8 Å². The molecule has 2 aromatic carbocycles. The number of hydroxylamine groups is 1. The van der Waals surface area contributed by atoms with Crippen molar-refractivity contribution in [2.75, 3.05) is 38.7 Å². The summed E-state index contributed by atoms with van der Waals surface area (Å²) >= 11 is 6.18. The smallest absolute Gasteiger partial charge is 0.335 e. The molecule has 1 aliphatic rings. The molecule has 198 valence electrons. The van der Waals surface area contributed by atoms with Crippen molar-refractivity contribution in [3.63, 3.8) is 0 Å². The Morgan fingerprint density at radius 2 is 2.03 bits per heavy atom. The highest BCUT2D eigenvalue weighted by Crippen LogP contribution is 2.26. The number of carboxylic acids is 1. The third-order valence-corrected chi connectivity index (χ3v) is 5.78. The van der Waals surface area contributed by atoms with Gasteiger partial charge < -0.3 is 20.1 Å². The summed E-state index contributed by atoms with van der Waals surface area (Å²) in [5.41, 5.74) is 3.93. The number of carboxylic acid groups (broad SMARTS) is 1. The summed E-state index contributed by atoms with van der Waals surface area (Å²) in [4.78, 5) is 49.1. The van der Waals surface area contributed by atoms with Crippen LogP contribution in [0.3, 0.4) is 0 Å². The molecule has 1 aliphatic heterocycles. The van der Waals surface area contributed by atoms with Crippen LogP contribution in [0.15, 0.2) is 47.5 Å². The molecule has 3 rings (SSSR count). The zero-order valence-corrected chi connectivity index (χ0v) is 21.7. The summed E-state index contributed by atoms with van der Waals surface area (Å²) < 4.78 is 5.43. The summed E-state index contributed by atoms with van der Waals surface area (Å²) in [5.74, 6) is -1.10. The van der Waals surface area contributed by atoms with Crippen LogP contribution >= 0.6 is 11.6 Å². The maximum absolute atomic E-state index is 13.5. The fourth-order valence-electron chi connectivity index (χ4n) is 3.78. The van der Waals surface area contributed by atoms with E-state index in [1.807, 2.05) is 13.8 Å². The number of amidine groups is 1. The van der Waals surface area contributed by atoms with E-state index in [4.69, 9.17) is 21.2 Å². The average molecular weight is 531 g/mol. The predicted octanol–water partition coefficient (Wildman–Crippen LogP) is 3.26. The van der Waals surface area contributed by atoms with Crippen LogP contribution in [-0.4, -0.2) is 67.0 Å². The van der Waals surface area contributed by atoms with Crippen molar-refractivity contribution < 1.29 is 29.1 Å². The third kappa shape index (κ3) is 8.19. The number of hydrogen-bond acceptors (Lipinski definition) is 7. The van der Waals surface area contributed by atoms with Crippen molar-refractivity contribution in [2.45, 2.75) is 20.3 Å². The van der Waals surface area contributed by atoms with Crippen molar-refractivity contribution in [2.24, 2.45) is 16.8 Å². The van der Waals surface area contributed by atoms with E-state index in [1.54, 1.807) is 31.4 Å². The van der Waals surface area contributed by atoms with Gasteiger partial charge in [0.1, 0.15) is 18.1 Å². The number of nitrogens with zero attached hydrogens (tertiary/aromatic N) is 2. The number of amides is 2. The lowest BCUT2D eigenvalue weighted by molar-refractivity contribution is -0.137. The van der Waals surface area contributed by atoms with Gasteiger partial charge in [0.25, 0.3) is 0 Å². The summed E-state index contributed by atoms with van der Waals surface area (Å²) in [7, 11) is 1.55. The van der Waals surface area contributed by atoms with Gasteiger partial charge in [0, 0.05) is 10.7 Å². The fourth-order valence-corrected chi connectivity index (χ4v) is 3.98. The molecule has 0 aliphatic carbocycles. The number of nitrogens with one attached hydrogen (secondary N) is 2. The molecule has 2 aromatic rings. The van der Waals surface area contributed by atoms with Crippen LogP contribution in [0.5, 0.6) is 5.75 Å². The van der Waals surface area contributed by atoms with Crippen LogP contribution in [0.4, 0.5) is 5.69 Å². The molecule has 1 atom stereocenters. The standard InChI is InChI=1S/C26H31ClN4O6/c1-16(2)15-37-30-23-13-31(14-24(32)29-21-6-4-5-17(11-21)26(34)35)25(33)19(12-28-23)9-18-10-20(27)7-8-22(18)36-3/h4-8,10-11,16,19H,9,12-15H2,1-3H3,(H,28,30)(H,29,32)(H,34,35)/t19-/m1/s1. The molecular formula is C26H31ClN4O6. The van der Waals surface area contributed by atoms with E-state index in [0.29, 0.717) is 35.3 Å². The molecule has 0 saturated carbocycles. The van der Waals surface area contributed by atoms with Gasteiger partial charge in [0.15, 0.2) is 0 Å². The van der Waals surface area contributed by atoms with Crippen molar-refractivity contribution in [1.82, 2.24) is 10.4 Å². The lowest BCUT2D eigenvalue weighted by atomic mass is 9.97. The molecule has 1 heterocycles. The van der Waals surface area contributed by atoms with E-state index < -0.39 is 17.8 Å². The number of halogens is 1. The Hall–Kier alpha value is -3.63. The number of carbonyl (C=O) groups is 3. The number of hydrogen-bond donors (Lipinski definition) is 3. The van der Waals surface area contributed by atoms with Gasteiger partial charge in [0.05, 0.1) is 38.3 Å². The minimum absolute atomic E-state index is 0.0418. The van der Waals surface area contributed by atoms with Gasteiger partial charge in [-0.1, -0.05) is 31.5 Å². The van der Waals surface area contributed by atoms with Crippen LogP contribution < -0.4 is 15.5 Å². The Morgan fingerprint density at radius 3 is 2.73 bits per heavy atom. The zero-order valence-electron chi connectivity index (χ0n) is 21.0. The highest BCUT2D eigenvalue weighted by molar-refractivity contribution is 6.30. The van der Waals surface area contributed by atoms with E-state index in [1.165, 1.54) is 23.1 Å².